The summed E-state index contributed by atoms with van der Waals surface area (Å²) in [6, 6.07) is 13.9. The molecule has 2 aromatic carbocycles. The van der Waals surface area contributed by atoms with Crippen LogP contribution in [0.5, 0.6) is 5.75 Å². The first-order chi connectivity index (χ1) is 10.7. The summed E-state index contributed by atoms with van der Waals surface area (Å²) in [6.45, 7) is 8.60. The molecule has 0 fully saturated rings. The van der Waals surface area contributed by atoms with E-state index in [9.17, 15) is 4.79 Å². The molecule has 0 aliphatic carbocycles. The smallest absolute Gasteiger partial charge is 0.153 e. The Balaban J connectivity index is 2.20. The van der Waals surface area contributed by atoms with Crippen LogP contribution < -0.4 is 9.64 Å². The third-order valence-electron chi connectivity index (χ3n) is 3.73. The molecule has 2 rings (SSSR count). The zero-order valence-corrected chi connectivity index (χ0v) is 13.5. The maximum absolute atomic E-state index is 11.2. The van der Waals surface area contributed by atoms with Crippen LogP contribution in [0.3, 0.4) is 0 Å². The predicted octanol–water partition coefficient (Wildman–Crippen LogP) is 4.23. The van der Waals surface area contributed by atoms with Crippen LogP contribution in [0.2, 0.25) is 0 Å². The van der Waals surface area contributed by atoms with Crippen molar-refractivity contribution in [3.63, 3.8) is 0 Å². The van der Waals surface area contributed by atoms with E-state index >= 15 is 0 Å². The normalized spacial score (nSPS) is 10.3. The summed E-state index contributed by atoms with van der Waals surface area (Å²) in [5.74, 6) is 0.640. The summed E-state index contributed by atoms with van der Waals surface area (Å²) in [4.78, 5) is 13.4. The third-order valence-corrected chi connectivity index (χ3v) is 3.73. The minimum absolute atomic E-state index is 0.463. The molecule has 0 saturated heterocycles. The maximum Gasteiger partial charge on any atom is 0.153 e. The monoisotopic (exact) mass is 297 g/mol. The molecule has 22 heavy (non-hydrogen) atoms. The molecule has 0 aromatic heterocycles. The molecule has 116 valence electrons. The number of hydrogen-bond donors (Lipinski definition) is 0. The summed E-state index contributed by atoms with van der Waals surface area (Å²) < 4.78 is 5.89. The number of benzene rings is 2. The van der Waals surface area contributed by atoms with Crippen molar-refractivity contribution in [2.75, 3.05) is 18.0 Å². The highest BCUT2D eigenvalue weighted by Gasteiger charge is 2.08. The Morgan fingerprint density at radius 3 is 2.50 bits per heavy atom. The zero-order chi connectivity index (χ0) is 15.9. The lowest BCUT2D eigenvalue weighted by Gasteiger charge is -2.22. The van der Waals surface area contributed by atoms with Crippen molar-refractivity contribution in [2.24, 2.45) is 0 Å². The highest BCUT2D eigenvalue weighted by Crippen LogP contribution is 2.25. The molecule has 0 saturated carbocycles. The first-order valence-corrected chi connectivity index (χ1v) is 7.70. The molecule has 3 nitrogen and oxygen atoms in total. The molecule has 0 aliphatic rings. The van der Waals surface area contributed by atoms with Crippen LogP contribution in [-0.4, -0.2) is 19.4 Å². The molecule has 0 unspecified atom stereocenters. The van der Waals surface area contributed by atoms with Crippen molar-refractivity contribution in [1.29, 1.82) is 0 Å². The second kappa shape index (κ2) is 7.64. The summed E-state index contributed by atoms with van der Waals surface area (Å²) in [5.41, 5.74) is 3.97. The average Bonchev–Trinajstić information content (AvgIpc) is 2.54. The van der Waals surface area contributed by atoms with Crippen LogP contribution >= 0.6 is 0 Å². The predicted molar refractivity (Wildman–Crippen MR) is 90.9 cm³/mol. The fourth-order valence-corrected chi connectivity index (χ4v) is 2.49. The molecular weight excluding hydrogens is 274 g/mol. The number of nitrogens with zero attached hydrogens (tertiary/aromatic N) is 1. The van der Waals surface area contributed by atoms with Gasteiger partial charge in [-0.1, -0.05) is 29.8 Å². The largest absolute Gasteiger partial charge is 0.488 e. The molecule has 3 heteroatoms. The Hall–Kier alpha value is -2.29. The van der Waals surface area contributed by atoms with E-state index < -0.39 is 0 Å². The topological polar surface area (TPSA) is 29.5 Å². The van der Waals surface area contributed by atoms with E-state index in [-0.39, 0.29) is 0 Å². The first kappa shape index (κ1) is 16.1. The standard InChI is InChI=1S/C19H23NO2/c1-4-20(5-2)18-10-9-17(13-21)19(12-18)22-14-16-8-6-7-15(3)11-16/h6-13H,4-5,14H2,1-3H3. The summed E-state index contributed by atoms with van der Waals surface area (Å²) in [6.07, 6.45) is 0.845. The molecule has 0 N–H and O–H groups in total. The van der Waals surface area contributed by atoms with Crippen molar-refractivity contribution < 1.29 is 9.53 Å². The van der Waals surface area contributed by atoms with Crippen LogP contribution in [0.4, 0.5) is 5.69 Å². The SMILES string of the molecule is CCN(CC)c1ccc(C=O)c(OCc2cccc(C)c2)c1. The molecule has 0 heterocycles. The van der Waals surface area contributed by atoms with Crippen molar-refractivity contribution in [3.05, 3.63) is 59.2 Å². The summed E-state index contributed by atoms with van der Waals surface area (Å²) in [7, 11) is 0. The lowest BCUT2D eigenvalue weighted by molar-refractivity contribution is 0.111. The third kappa shape index (κ3) is 3.88. The van der Waals surface area contributed by atoms with Crippen LogP contribution in [0.15, 0.2) is 42.5 Å². The fraction of sp³-hybridized carbons (Fsp3) is 0.316. The Labute approximate surface area is 132 Å². The Morgan fingerprint density at radius 2 is 1.86 bits per heavy atom. The van der Waals surface area contributed by atoms with Gasteiger partial charge in [0, 0.05) is 24.8 Å². The number of aryl methyl sites for hydroxylation is 1. The van der Waals surface area contributed by atoms with Crippen molar-refractivity contribution in [3.8, 4) is 5.75 Å². The fourth-order valence-electron chi connectivity index (χ4n) is 2.49. The van der Waals surface area contributed by atoms with E-state index in [0.717, 1.165) is 30.6 Å². The van der Waals surface area contributed by atoms with Gasteiger partial charge >= 0.3 is 0 Å². The Kier molecular flexibility index (Phi) is 5.59. The summed E-state index contributed by atoms with van der Waals surface area (Å²) >= 11 is 0. The van der Waals surface area contributed by atoms with Gasteiger partial charge in [-0.3, -0.25) is 4.79 Å². The lowest BCUT2D eigenvalue weighted by Crippen LogP contribution is -2.21. The molecule has 2 aromatic rings. The minimum atomic E-state index is 0.463. The highest BCUT2D eigenvalue weighted by molar-refractivity contribution is 5.80. The van der Waals surface area contributed by atoms with Gasteiger partial charge in [-0.05, 0) is 38.5 Å². The van der Waals surface area contributed by atoms with E-state index in [1.54, 1.807) is 0 Å². The second-order valence-electron chi connectivity index (χ2n) is 5.29. The number of carbonyl (C=O) groups excluding carboxylic acids is 1. The van der Waals surface area contributed by atoms with E-state index in [0.29, 0.717) is 17.9 Å². The molecule has 0 radical (unpaired) electrons. The van der Waals surface area contributed by atoms with E-state index in [4.69, 9.17) is 4.74 Å². The molecule has 0 amide bonds. The quantitative estimate of drug-likeness (QED) is 0.716. The maximum atomic E-state index is 11.2. The van der Waals surface area contributed by atoms with E-state index in [1.165, 1.54) is 5.56 Å². The molecule has 0 spiro atoms. The number of aldehydes is 1. The zero-order valence-electron chi connectivity index (χ0n) is 13.5. The van der Waals surface area contributed by atoms with Gasteiger partial charge in [0.05, 0.1) is 5.56 Å². The number of hydrogen-bond acceptors (Lipinski definition) is 3. The van der Waals surface area contributed by atoms with Gasteiger partial charge in [0.25, 0.3) is 0 Å². The van der Waals surface area contributed by atoms with Gasteiger partial charge in [-0.2, -0.15) is 0 Å². The molecule has 0 bridgehead atoms. The van der Waals surface area contributed by atoms with Gasteiger partial charge in [-0.25, -0.2) is 0 Å². The molecule has 0 atom stereocenters. The number of ether oxygens (including phenoxy) is 1. The highest BCUT2D eigenvalue weighted by atomic mass is 16.5. The minimum Gasteiger partial charge on any atom is -0.488 e. The first-order valence-electron chi connectivity index (χ1n) is 7.70. The average molecular weight is 297 g/mol. The Morgan fingerprint density at radius 1 is 1.09 bits per heavy atom. The lowest BCUT2D eigenvalue weighted by atomic mass is 10.1. The van der Waals surface area contributed by atoms with Crippen LogP contribution in [0.25, 0.3) is 0 Å². The molecular formula is C19H23NO2. The summed E-state index contributed by atoms with van der Waals surface area (Å²) in [5, 5.41) is 0. The van der Waals surface area contributed by atoms with Crippen molar-refractivity contribution >= 4 is 12.0 Å². The van der Waals surface area contributed by atoms with Crippen LogP contribution in [0, 0.1) is 6.92 Å². The molecule has 0 aliphatic heterocycles. The van der Waals surface area contributed by atoms with E-state index in [2.05, 4.69) is 37.8 Å². The second-order valence-corrected chi connectivity index (χ2v) is 5.29. The van der Waals surface area contributed by atoms with Crippen molar-refractivity contribution in [2.45, 2.75) is 27.4 Å². The van der Waals surface area contributed by atoms with Crippen molar-refractivity contribution in [1.82, 2.24) is 0 Å². The Bertz CT molecular complexity index is 633. The van der Waals surface area contributed by atoms with Gasteiger partial charge in [0.2, 0.25) is 0 Å². The number of carbonyl (C=O) groups is 1. The van der Waals surface area contributed by atoms with Gasteiger partial charge < -0.3 is 9.64 Å². The van der Waals surface area contributed by atoms with Crippen LogP contribution in [0.1, 0.15) is 35.3 Å². The van der Waals surface area contributed by atoms with E-state index in [1.807, 2.05) is 30.3 Å². The van der Waals surface area contributed by atoms with Gasteiger partial charge in [-0.15, -0.1) is 0 Å². The van der Waals surface area contributed by atoms with Gasteiger partial charge in [0.1, 0.15) is 12.4 Å². The number of anilines is 1. The number of rotatable bonds is 7. The van der Waals surface area contributed by atoms with Crippen LogP contribution in [-0.2, 0) is 6.61 Å². The van der Waals surface area contributed by atoms with Gasteiger partial charge in [0.15, 0.2) is 6.29 Å².